The van der Waals surface area contributed by atoms with Gasteiger partial charge in [-0.1, -0.05) is 0 Å². The van der Waals surface area contributed by atoms with Crippen molar-refractivity contribution in [1.29, 1.82) is 0 Å². The van der Waals surface area contributed by atoms with Crippen LogP contribution in [0.25, 0.3) is 0 Å². The number of hydrogen-bond donors (Lipinski definition) is 1. The van der Waals surface area contributed by atoms with E-state index in [2.05, 4.69) is 17.3 Å². The fourth-order valence-corrected chi connectivity index (χ4v) is 2.57. The Morgan fingerprint density at radius 3 is 2.72 bits per heavy atom. The number of nitrogens with zero attached hydrogens (tertiary/aromatic N) is 2. The monoisotopic (exact) mass is 255 g/mol. The Balaban J connectivity index is 2.36. The molecule has 4 heteroatoms. The van der Waals surface area contributed by atoms with Crippen LogP contribution in [0.1, 0.15) is 33.1 Å². The Morgan fingerprint density at radius 1 is 1.50 bits per heavy atom. The number of likely N-dealkylation sites (tertiary alicyclic amines) is 1. The highest BCUT2D eigenvalue weighted by Gasteiger charge is 2.28. The molecule has 1 unspecified atom stereocenters. The van der Waals surface area contributed by atoms with Crippen molar-refractivity contribution in [3.8, 4) is 0 Å². The molecule has 0 spiro atoms. The molecular weight excluding hydrogens is 226 g/mol. The van der Waals surface area contributed by atoms with Gasteiger partial charge in [-0.05, 0) is 59.7 Å². The average molecular weight is 255 g/mol. The molecule has 1 rings (SSSR count). The van der Waals surface area contributed by atoms with Crippen LogP contribution in [0.4, 0.5) is 0 Å². The van der Waals surface area contributed by atoms with Gasteiger partial charge < -0.3 is 15.1 Å². The maximum absolute atomic E-state index is 12.2. The Morgan fingerprint density at radius 2 is 2.17 bits per heavy atom. The lowest BCUT2D eigenvalue weighted by atomic mass is 9.94. The normalized spacial score (nSPS) is 21.9. The highest BCUT2D eigenvalue weighted by atomic mass is 16.2. The van der Waals surface area contributed by atoms with Crippen LogP contribution in [0.5, 0.6) is 0 Å². The van der Waals surface area contributed by atoms with Gasteiger partial charge in [0.1, 0.15) is 0 Å². The van der Waals surface area contributed by atoms with Gasteiger partial charge in [-0.2, -0.15) is 0 Å². The highest BCUT2D eigenvalue weighted by molar-refractivity contribution is 5.85. The second-order valence-corrected chi connectivity index (χ2v) is 6.16. The third-order valence-corrected chi connectivity index (χ3v) is 4.10. The smallest absolute Gasteiger partial charge is 0.242 e. The molecule has 1 atom stereocenters. The SMILES string of the molecule is CNC(C)(C)C(=O)N(C)CCC1CCCN(C)C1. The Hall–Kier alpha value is -0.610. The first kappa shape index (κ1) is 15.4. The molecule has 0 saturated carbocycles. The maximum atomic E-state index is 12.2. The van der Waals surface area contributed by atoms with E-state index in [1.54, 1.807) is 0 Å². The van der Waals surface area contributed by atoms with E-state index in [1.807, 2.05) is 32.8 Å². The first-order valence-electron chi connectivity index (χ1n) is 7.00. The van der Waals surface area contributed by atoms with Crippen molar-refractivity contribution >= 4 is 5.91 Å². The van der Waals surface area contributed by atoms with Crippen LogP contribution in [0.2, 0.25) is 0 Å². The maximum Gasteiger partial charge on any atom is 0.242 e. The summed E-state index contributed by atoms with van der Waals surface area (Å²) in [5.41, 5.74) is -0.460. The van der Waals surface area contributed by atoms with Crippen LogP contribution in [0.15, 0.2) is 0 Å². The molecule has 1 saturated heterocycles. The summed E-state index contributed by atoms with van der Waals surface area (Å²) < 4.78 is 0. The van der Waals surface area contributed by atoms with Gasteiger partial charge in [0.25, 0.3) is 0 Å². The molecule has 1 aliphatic rings. The zero-order valence-electron chi connectivity index (χ0n) is 12.6. The quantitative estimate of drug-likeness (QED) is 0.801. The molecule has 1 heterocycles. The number of rotatable bonds is 5. The summed E-state index contributed by atoms with van der Waals surface area (Å²) in [6.45, 7) is 7.12. The number of piperidine rings is 1. The molecular formula is C14H29N3O. The van der Waals surface area contributed by atoms with Crippen molar-refractivity contribution in [1.82, 2.24) is 15.1 Å². The molecule has 1 aliphatic heterocycles. The molecule has 106 valence electrons. The van der Waals surface area contributed by atoms with Crippen molar-refractivity contribution < 1.29 is 4.79 Å². The van der Waals surface area contributed by atoms with E-state index in [0.29, 0.717) is 0 Å². The summed E-state index contributed by atoms with van der Waals surface area (Å²) in [4.78, 5) is 16.4. The molecule has 0 bridgehead atoms. The van der Waals surface area contributed by atoms with Crippen LogP contribution >= 0.6 is 0 Å². The van der Waals surface area contributed by atoms with E-state index in [4.69, 9.17) is 0 Å². The predicted molar refractivity (Wildman–Crippen MR) is 75.6 cm³/mol. The van der Waals surface area contributed by atoms with E-state index in [0.717, 1.165) is 18.9 Å². The zero-order valence-corrected chi connectivity index (χ0v) is 12.6. The Labute approximate surface area is 112 Å². The second-order valence-electron chi connectivity index (χ2n) is 6.16. The van der Waals surface area contributed by atoms with E-state index < -0.39 is 5.54 Å². The van der Waals surface area contributed by atoms with E-state index in [9.17, 15) is 4.79 Å². The zero-order chi connectivity index (χ0) is 13.8. The molecule has 0 aromatic rings. The minimum atomic E-state index is -0.460. The molecule has 18 heavy (non-hydrogen) atoms. The summed E-state index contributed by atoms with van der Waals surface area (Å²) in [6.07, 6.45) is 3.72. The summed E-state index contributed by atoms with van der Waals surface area (Å²) >= 11 is 0. The summed E-state index contributed by atoms with van der Waals surface area (Å²) in [5, 5.41) is 3.07. The number of nitrogens with one attached hydrogen (secondary N) is 1. The number of carbonyl (C=O) groups excluding carboxylic acids is 1. The summed E-state index contributed by atoms with van der Waals surface area (Å²) in [5.74, 6) is 0.922. The molecule has 1 fully saturated rings. The van der Waals surface area contributed by atoms with Gasteiger partial charge in [0.2, 0.25) is 5.91 Å². The van der Waals surface area contributed by atoms with Crippen LogP contribution in [0.3, 0.4) is 0 Å². The Bertz CT molecular complexity index is 278. The van der Waals surface area contributed by atoms with Crippen LogP contribution in [-0.2, 0) is 4.79 Å². The minimum absolute atomic E-state index is 0.175. The van der Waals surface area contributed by atoms with Crippen molar-refractivity contribution in [2.75, 3.05) is 40.8 Å². The van der Waals surface area contributed by atoms with Crippen molar-refractivity contribution in [3.05, 3.63) is 0 Å². The topological polar surface area (TPSA) is 35.6 Å². The fourth-order valence-electron chi connectivity index (χ4n) is 2.57. The van der Waals surface area contributed by atoms with Gasteiger partial charge in [-0.15, -0.1) is 0 Å². The third-order valence-electron chi connectivity index (χ3n) is 4.10. The molecule has 0 radical (unpaired) electrons. The van der Waals surface area contributed by atoms with Crippen molar-refractivity contribution in [3.63, 3.8) is 0 Å². The molecule has 0 aromatic heterocycles. The van der Waals surface area contributed by atoms with Crippen LogP contribution in [0, 0.1) is 5.92 Å². The number of hydrogen-bond acceptors (Lipinski definition) is 3. The number of amides is 1. The second kappa shape index (κ2) is 6.53. The first-order valence-corrected chi connectivity index (χ1v) is 7.00. The summed E-state index contributed by atoms with van der Waals surface area (Å²) in [6, 6.07) is 0. The van der Waals surface area contributed by atoms with E-state index in [-0.39, 0.29) is 5.91 Å². The number of carbonyl (C=O) groups is 1. The molecule has 1 N–H and O–H groups in total. The van der Waals surface area contributed by atoms with E-state index >= 15 is 0 Å². The summed E-state index contributed by atoms with van der Waals surface area (Å²) in [7, 11) is 5.93. The van der Waals surface area contributed by atoms with E-state index in [1.165, 1.54) is 25.9 Å². The molecule has 1 amide bonds. The van der Waals surface area contributed by atoms with Gasteiger partial charge in [0.15, 0.2) is 0 Å². The lowest BCUT2D eigenvalue weighted by Crippen LogP contribution is -2.52. The van der Waals surface area contributed by atoms with Crippen LogP contribution in [-0.4, -0.2) is 62.0 Å². The van der Waals surface area contributed by atoms with Gasteiger partial charge in [0.05, 0.1) is 5.54 Å². The van der Waals surface area contributed by atoms with Crippen LogP contribution < -0.4 is 5.32 Å². The van der Waals surface area contributed by atoms with Gasteiger partial charge in [-0.25, -0.2) is 0 Å². The lowest BCUT2D eigenvalue weighted by Gasteiger charge is -2.33. The fraction of sp³-hybridized carbons (Fsp3) is 0.929. The number of likely N-dealkylation sites (N-methyl/N-ethyl adjacent to an activating group) is 2. The molecule has 4 nitrogen and oxygen atoms in total. The van der Waals surface area contributed by atoms with Crippen molar-refractivity contribution in [2.24, 2.45) is 5.92 Å². The largest absolute Gasteiger partial charge is 0.344 e. The first-order chi connectivity index (χ1) is 8.36. The molecule has 0 aliphatic carbocycles. The third kappa shape index (κ3) is 4.25. The lowest BCUT2D eigenvalue weighted by molar-refractivity contribution is -0.135. The van der Waals surface area contributed by atoms with Gasteiger partial charge in [0, 0.05) is 20.1 Å². The van der Waals surface area contributed by atoms with Gasteiger partial charge in [-0.3, -0.25) is 4.79 Å². The highest BCUT2D eigenvalue weighted by Crippen LogP contribution is 2.19. The average Bonchev–Trinajstić information content (AvgIpc) is 2.35. The van der Waals surface area contributed by atoms with Gasteiger partial charge >= 0.3 is 0 Å². The molecule has 0 aromatic carbocycles. The predicted octanol–water partition coefficient (Wildman–Crippen LogP) is 1.17. The minimum Gasteiger partial charge on any atom is -0.344 e. The van der Waals surface area contributed by atoms with Crippen molar-refractivity contribution in [2.45, 2.75) is 38.6 Å². The standard InChI is InChI=1S/C14H29N3O/c1-14(2,15-3)13(18)17(5)10-8-12-7-6-9-16(4)11-12/h12,15H,6-11H2,1-5H3. The Kier molecular flexibility index (Phi) is 5.60.